The van der Waals surface area contributed by atoms with Crippen molar-refractivity contribution in [1.29, 1.82) is 0 Å². The molecule has 0 spiro atoms. The molecule has 7 heteroatoms. The average molecular weight is 265 g/mol. The van der Waals surface area contributed by atoms with Crippen molar-refractivity contribution in [3.63, 3.8) is 0 Å². The maximum absolute atomic E-state index is 11.1. The summed E-state index contributed by atoms with van der Waals surface area (Å²) in [6, 6.07) is -0.370. The zero-order valence-corrected chi connectivity index (χ0v) is 10.7. The van der Waals surface area contributed by atoms with Gasteiger partial charge in [-0.15, -0.1) is 10.2 Å². The van der Waals surface area contributed by atoms with E-state index in [0.717, 1.165) is 31.6 Å². The maximum Gasteiger partial charge on any atom is 0.320 e. The predicted octanol–water partition coefficient (Wildman–Crippen LogP) is 0.221. The van der Waals surface area contributed by atoms with E-state index in [1.807, 2.05) is 0 Å². The predicted molar refractivity (Wildman–Crippen MR) is 66.2 cm³/mol. The van der Waals surface area contributed by atoms with Gasteiger partial charge in [0.1, 0.15) is 6.04 Å². The molecule has 0 bridgehead atoms. The van der Waals surface area contributed by atoms with E-state index in [9.17, 15) is 4.79 Å². The molecular formula is C12H19N5O2. The van der Waals surface area contributed by atoms with E-state index in [1.54, 1.807) is 0 Å². The molecule has 1 aromatic rings. The lowest BCUT2D eigenvalue weighted by Crippen LogP contribution is -2.49. The lowest BCUT2D eigenvalue weighted by Gasteiger charge is -2.41. The second-order valence-electron chi connectivity index (χ2n) is 5.77. The van der Waals surface area contributed by atoms with Crippen LogP contribution in [0.15, 0.2) is 0 Å². The number of aromatic nitrogens is 4. The lowest BCUT2D eigenvalue weighted by atomic mass is 9.69. The number of aliphatic carboxylic acids is 1. The maximum atomic E-state index is 11.1. The van der Waals surface area contributed by atoms with E-state index in [4.69, 9.17) is 5.11 Å². The van der Waals surface area contributed by atoms with Crippen LogP contribution >= 0.6 is 0 Å². The fraction of sp³-hybridized carbons (Fsp3) is 0.833. The molecule has 2 fully saturated rings. The quantitative estimate of drug-likeness (QED) is 0.722. The molecule has 4 atom stereocenters. The average Bonchev–Trinajstić information content (AvgIpc) is 2.90. The molecule has 0 aromatic carbocycles. The van der Waals surface area contributed by atoms with Crippen molar-refractivity contribution in [2.45, 2.75) is 38.1 Å². The molecule has 1 aliphatic carbocycles. The minimum atomic E-state index is -0.723. The van der Waals surface area contributed by atoms with Gasteiger partial charge < -0.3 is 10.4 Å². The van der Waals surface area contributed by atoms with Crippen LogP contribution in [0.25, 0.3) is 0 Å². The summed E-state index contributed by atoms with van der Waals surface area (Å²) in [5, 5.41) is 26.3. The number of tetrazole rings is 1. The zero-order valence-electron chi connectivity index (χ0n) is 10.7. The molecule has 0 radical (unpaired) electrons. The largest absolute Gasteiger partial charge is 0.480 e. The van der Waals surface area contributed by atoms with E-state index >= 15 is 0 Å². The minimum absolute atomic E-state index is 0.370. The molecular weight excluding hydrogens is 246 g/mol. The van der Waals surface area contributed by atoms with E-state index in [1.165, 1.54) is 12.8 Å². The van der Waals surface area contributed by atoms with Crippen molar-refractivity contribution in [2.24, 2.45) is 17.8 Å². The highest BCUT2D eigenvalue weighted by Crippen LogP contribution is 2.39. The number of H-pyrrole nitrogens is 1. The second kappa shape index (κ2) is 5.24. The molecule has 2 aliphatic rings. The van der Waals surface area contributed by atoms with Crippen molar-refractivity contribution >= 4 is 5.97 Å². The van der Waals surface area contributed by atoms with Crippen molar-refractivity contribution in [1.82, 2.24) is 25.9 Å². The van der Waals surface area contributed by atoms with Crippen LogP contribution in [0.5, 0.6) is 0 Å². The first kappa shape index (κ1) is 12.5. The van der Waals surface area contributed by atoms with E-state index < -0.39 is 5.97 Å². The molecule has 1 saturated carbocycles. The Balaban J connectivity index is 1.59. The summed E-state index contributed by atoms with van der Waals surface area (Å²) >= 11 is 0. The molecule has 1 aliphatic heterocycles. The first-order chi connectivity index (χ1) is 9.22. The smallest absolute Gasteiger partial charge is 0.320 e. The number of aromatic amines is 1. The van der Waals surface area contributed by atoms with Gasteiger partial charge in [0.25, 0.3) is 0 Å². The number of piperidine rings is 1. The third-order valence-electron chi connectivity index (χ3n) is 4.57. The number of carboxylic acids is 1. The van der Waals surface area contributed by atoms with Crippen LogP contribution in [0.4, 0.5) is 0 Å². The molecule has 3 rings (SSSR count). The van der Waals surface area contributed by atoms with E-state index in [2.05, 4.69) is 25.9 Å². The molecule has 1 aromatic heterocycles. The Labute approximate surface area is 111 Å². The highest BCUT2D eigenvalue weighted by Gasteiger charge is 2.37. The SMILES string of the molecule is O=C(O)C1CC2C[C@@H](Cc3nn[nH]n3)CC[C@H]2CN1. The Morgan fingerprint density at radius 2 is 2.21 bits per heavy atom. The molecule has 0 amide bonds. The van der Waals surface area contributed by atoms with Crippen LogP contribution in [-0.4, -0.2) is 44.3 Å². The number of nitrogens with one attached hydrogen (secondary N) is 2. The summed E-state index contributed by atoms with van der Waals surface area (Å²) in [5.41, 5.74) is 0. The highest BCUT2D eigenvalue weighted by molar-refractivity contribution is 5.73. The third kappa shape index (κ3) is 2.75. The summed E-state index contributed by atoms with van der Waals surface area (Å²) in [6.07, 6.45) is 5.04. The molecule has 2 heterocycles. The number of hydrogen-bond acceptors (Lipinski definition) is 5. The van der Waals surface area contributed by atoms with Gasteiger partial charge in [0, 0.05) is 6.42 Å². The molecule has 7 nitrogen and oxygen atoms in total. The summed E-state index contributed by atoms with van der Waals surface area (Å²) < 4.78 is 0. The van der Waals surface area contributed by atoms with Gasteiger partial charge in [-0.2, -0.15) is 5.21 Å². The Morgan fingerprint density at radius 3 is 2.95 bits per heavy atom. The van der Waals surface area contributed by atoms with Crippen LogP contribution in [0.2, 0.25) is 0 Å². The fourth-order valence-corrected chi connectivity index (χ4v) is 3.56. The Bertz CT molecular complexity index is 435. The molecule has 104 valence electrons. The van der Waals surface area contributed by atoms with Crippen molar-refractivity contribution < 1.29 is 9.90 Å². The Hall–Kier alpha value is -1.50. The van der Waals surface area contributed by atoms with Gasteiger partial charge in [-0.3, -0.25) is 4.79 Å². The van der Waals surface area contributed by atoms with E-state index in [-0.39, 0.29) is 6.04 Å². The van der Waals surface area contributed by atoms with Gasteiger partial charge in [-0.25, -0.2) is 0 Å². The van der Waals surface area contributed by atoms with Crippen LogP contribution in [0.3, 0.4) is 0 Å². The number of carboxylic acid groups (broad SMARTS) is 1. The highest BCUT2D eigenvalue weighted by atomic mass is 16.4. The zero-order chi connectivity index (χ0) is 13.2. The van der Waals surface area contributed by atoms with Crippen molar-refractivity contribution in [3.05, 3.63) is 5.82 Å². The molecule has 2 unspecified atom stereocenters. The van der Waals surface area contributed by atoms with Crippen LogP contribution in [-0.2, 0) is 11.2 Å². The topological polar surface area (TPSA) is 104 Å². The minimum Gasteiger partial charge on any atom is -0.480 e. The standard InChI is InChI=1S/C12H19N5O2/c18-12(19)10-5-9-3-7(1-2-8(9)6-13-10)4-11-14-16-17-15-11/h7-10,13H,1-6H2,(H,18,19)(H,14,15,16,17)/t7-,8-,9?,10?/m0/s1. The fourth-order valence-electron chi connectivity index (χ4n) is 3.56. The number of nitrogens with zero attached hydrogens (tertiary/aromatic N) is 3. The van der Waals surface area contributed by atoms with Gasteiger partial charge in [-0.1, -0.05) is 5.21 Å². The van der Waals surface area contributed by atoms with Crippen molar-refractivity contribution in [3.8, 4) is 0 Å². The summed E-state index contributed by atoms with van der Waals surface area (Å²) in [6.45, 7) is 0.844. The number of rotatable bonds is 3. The van der Waals surface area contributed by atoms with Crippen LogP contribution in [0, 0.1) is 17.8 Å². The number of fused-ring (bicyclic) bond motifs is 1. The summed E-state index contributed by atoms with van der Waals surface area (Å²) in [4.78, 5) is 11.1. The summed E-state index contributed by atoms with van der Waals surface area (Å²) in [7, 11) is 0. The third-order valence-corrected chi connectivity index (χ3v) is 4.57. The molecule has 19 heavy (non-hydrogen) atoms. The Kier molecular flexibility index (Phi) is 3.46. The molecule has 3 N–H and O–H groups in total. The first-order valence-corrected chi connectivity index (χ1v) is 6.91. The van der Waals surface area contributed by atoms with Crippen LogP contribution in [0.1, 0.15) is 31.5 Å². The summed E-state index contributed by atoms with van der Waals surface area (Å²) in [5.74, 6) is 1.77. The van der Waals surface area contributed by atoms with Crippen LogP contribution < -0.4 is 5.32 Å². The number of hydrogen-bond donors (Lipinski definition) is 3. The van der Waals surface area contributed by atoms with Gasteiger partial charge in [0.15, 0.2) is 5.82 Å². The van der Waals surface area contributed by atoms with Gasteiger partial charge >= 0.3 is 5.97 Å². The molecule has 1 saturated heterocycles. The van der Waals surface area contributed by atoms with Gasteiger partial charge in [0.05, 0.1) is 0 Å². The Morgan fingerprint density at radius 1 is 1.32 bits per heavy atom. The normalized spacial score (nSPS) is 34.7. The van der Waals surface area contributed by atoms with Gasteiger partial charge in [-0.05, 0) is 50.0 Å². The number of carbonyl (C=O) groups is 1. The second-order valence-corrected chi connectivity index (χ2v) is 5.77. The lowest BCUT2D eigenvalue weighted by molar-refractivity contribution is -0.141. The van der Waals surface area contributed by atoms with Gasteiger partial charge in [0.2, 0.25) is 0 Å². The van der Waals surface area contributed by atoms with E-state index in [0.29, 0.717) is 17.8 Å². The first-order valence-electron chi connectivity index (χ1n) is 6.91. The van der Waals surface area contributed by atoms with Crippen molar-refractivity contribution in [2.75, 3.05) is 6.54 Å². The monoisotopic (exact) mass is 265 g/mol.